The highest BCUT2D eigenvalue weighted by Crippen LogP contribution is 2.11. The van der Waals surface area contributed by atoms with Crippen molar-refractivity contribution in [3.05, 3.63) is 17.7 Å². The Labute approximate surface area is 86.9 Å². The molecule has 0 aromatic carbocycles. The summed E-state index contributed by atoms with van der Waals surface area (Å²) in [6, 6.07) is 0. The predicted molar refractivity (Wildman–Crippen MR) is 51.2 cm³/mol. The summed E-state index contributed by atoms with van der Waals surface area (Å²) < 4.78 is 22.4. The van der Waals surface area contributed by atoms with Gasteiger partial charge in [0.2, 0.25) is 0 Å². The average molecular weight is 230 g/mol. The molecule has 1 N–H and O–H groups in total. The maximum Gasteiger partial charge on any atom is 0.311 e. The van der Waals surface area contributed by atoms with Crippen molar-refractivity contribution >= 4 is 15.8 Å². The van der Waals surface area contributed by atoms with Crippen LogP contribution in [0.5, 0.6) is 0 Å². The Balaban J connectivity index is 3.15. The van der Waals surface area contributed by atoms with Crippen LogP contribution in [-0.4, -0.2) is 35.7 Å². The number of carboxylic acid groups (broad SMARTS) is 1. The Morgan fingerprint density at radius 1 is 1.53 bits per heavy atom. The summed E-state index contributed by atoms with van der Waals surface area (Å²) in [6.45, 7) is 1.50. The maximum atomic E-state index is 11.2. The molecule has 0 saturated heterocycles. The molecule has 0 radical (unpaired) electrons. The Hall–Kier alpha value is -1.50. The lowest BCUT2D eigenvalue weighted by Gasteiger charge is -2.03. The summed E-state index contributed by atoms with van der Waals surface area (Å²) in [5.74, 6) is -0.950. The second-order valence-corrected chi connectivity index (χ2v) is 5.06. The summed E-state index contributed by atoms with van der Waals surface area (Å²) >= 11 is 0. The Bertz CT molecular complexity index is 495. The van der Waals surface area contributed by atoms with Crippen molar-refractivity contribution in [3.63, 3.8) is 0 Å². The highest BCUT2D eigenvalue weighted by Gasteiger charge is 2.14. The molecule has 0 saturated carbocycles. The van der Waals surface area contributed by atoms with E-state index in [2.05, 4.69) is 9.97 Å². The van der Waals surface area contributed by atoms with E-state index in [1.54, 1.807) is 0 Å². The third kappa shape index (κ3) is 2.98. The number of hydrogen-bond acceptors (Lipinski definition) is 5. The molecule has 6 nitrogen and oxygen atoms in total. The lowest BCUT2D eigenvalue weighted by molar-refractivity contribution is -0.136. The smallest absolute Gasteiger partial charge is 0.311 e. The highest BCUT2D eigenvalue weighted by molar-refractivity contribution is 7.90. The largest absolute Gasteiger partial charge is 0.481 e. The zero-order chi connectivity index (χ0) is 11.6. The van der Waals surface area contributed by atoms with Crippen molar-refractivity contribution in [2.45, 2.75) is 18.2 Å². The second kappa shape index (κ2) is 3.93. The van der Waals surface area contributed by atoms with Gasteiger partial charge in [-0.1, -0.05) is 0 Å². The monoisotopic (exact) mass is 230 g/mol. The van der Waals surface area contributed by atoms with Gasteiger partial charge >= 0.3 is 5.97 Å². The van der Waals surface area contributed by atoms with E-state index in [-0.39, 0.29) is 22.8 Å². The maximum absolute atomic E-state index is 11.2. The molecular formula is C8H10N2O4S. The van der Waals surface area contributed by atoms with Crippen LogP contribution in [0.15, 0.2) is 11.1 Å². The summed E-state index contributed by atoms with van der Waals surface area (Å²) in [4.78, 5) is 17.9. The molecule has 0 aliphatic carbocycles. The molecule has 1 heterocycles. The molecule has 7 heteroatoms. The third-order valence-electron chi connectivity index (χ3n) is 1.69. The van der Waals surface area contributed by atoms with Crippen molar-refractivity contribution in [3.8, 4) is 0 Å². The molecule has 0 aliphatic rings. The molecule has 82 valence electrons. The van der Waals surface area contributed by atoms with E-state index in [4.69, 9.17) is 5.11 Å². The van der Waals surface area contributed by atoms with E-state index in [9.17, 15) is 13.2 Å². The fourth-order valence-corrected chi connectivity index (χ4v) is 1.92. The van der Waals surface area contributed by atoms with Crippen LogP contribution in [0.2, 0.25) is 0 Å². The van der Waals surface area contributed by atoms with E-state index in [0.29, 0.717) is 0 Å². The molecule has 15 heavy (non-hydrogen) atoms. The minimum absolute atomic E-state index is 0.0247. The molecule has 1 aromatic rings. The SMILES string of the molecule is Cc1nc(CC(=O)O)ncc1S(C)(=O)=O. The number of nitrogens with zero attached hydrogens (tertiary/aromatic N) is 2. The van der Waals surface area contributed by atoms with Crippen molar-refractivity contribution in [1.29, 1.82) is 0 Å². The topological polar surface area (TPSA) is 97.2 Å². The van der Waals surface area contributed by atoms with Crippen LogP contribution < -0.4 is 0 Å². The molecule has 0 bridgehead atoms. The summed E-state index contributed by atoms with van der Waals surface area (Å²) in [5.41, 5.74) is 0.267. The van der Waals surface area contributed by atoms with Gasteiger partial charge in [0.15, 0.2) is 9.84 Å². The predicted octanol–water partition coefficient (Wildman–Crippen LogP) is -0.184. The van der Waals surface area contributed by atoms with Gasteiger partial charge in [-0.25, -0.2) is 18.4 Å². The van der Waals surface area contributed by atoms with Crippen LogP contribution in [0, 0.1) is 6.92 Å². The van der Waals surface area contributed by atoms with Gasteiger partial charge < -0.3 is 5.11 Å². The lowest BCUT2D eigenvalue weighted by Crippen LogP contribution is -2.09. The molecule has 0 fully saturated rings. The van der Waals surface area contributed by atoms with Gasteiger partial charge in [-0.15, -0.1) is 0 Å². The van der Waals surface area contributed by atoms with Gasteiger partial charge in [0.25, 0.3) is 0 Å². The van der Waals surface area contributed by atoms with Crippen molar-refractivity contribution < 1.29 is 18.3 Å². The number of rotatable bonds is 3. The fraction of sp³-hybridized carbons (Fsp3) is 0.375. The fourth-order valence-electron chi connectivity index (χ4n) is 1.09. The van der Waals surface area contributed by atoms with Gasteiger partial charge in [-0.05, 0) is 6.92 Å². The van der Waals surface area contributed by atoms with Crippen LogP contribution in [0.4, 0.5) is 0 Å². The van der Waals surface area contributed by atoms with E-state index in [1.807, 2.05) is 0 Å². The van der Waals surface area contributed by atoms with E-state index < -0.39 is 15.8 Å². The number of sulfone groups is 1. The molecular weight excluding hydrogens is 220 g/mol. The Morgan fingerprint density at radius 3 is 2.53 bits per heavy atom. The molecule has 0 atom stereocenters. The summed E-state index contributed by atoms with van der Waals surface area (Å²) in [7, 11) is -3.35. The van der Waals surface area contributed by atoms with Gasteiger partial charge in [0.05, 0.1) is 5.69 Å². The number of aliphatic carboxylic acids is 1. The van der Waals surface area contributed by atoms with Crippen LogP contribution in [-0.2, 0) is 21.1 Å². The van der Waals surface area contributed by atoms with Gasteiger partial charge in [0, 0.05) is 12.5 Å². The molecule has 0 spiro atoms. The summed E-state index contributed by atoms with van der Waals surface area (Å²) in [5, 5.41) is 8.49. The average Bonchev–Trinajstić information content (AvgIpc) is 1.99. The van der Waals surface area contributed by atoms with Gasteiger partial charge in [-0.3, -0.25) is 4.79 Å². The number of aromatic nitrogens is 2. The van der Waals surface area contributed by atoms with Crippen LogP contribution in [0.3, 0.4) is 0 Å². The quantitative estimate of drug-likeness (QED) is 0.773. The van der Waals surface area contributed by atoms with Crippen molar-refractivity contribution in [2.75, 3.05) is 6.26 Å². The first-order valence-corrected chi connectivity index (χ1v) is 5.94. The van der Waals surface area contributed by atoms with Crippen molar-refractivity contribution in [2.24, 2.45) is 0 Å². The first-order valence-electron chi connectivity index (χ1n) is 4.05. The lowest BCUT2D eigenvalue weighted by atomic mass is 10.3. The Kier molecular flexibility index (Phi) is 3.04. The molecule has 0 amide bonds. The number of carbonyl (C=O) groups is 1. The minimum Gasteiger partial charge on any atom is -0.481 e. The molecule has 1 rings (SSSR count). The summed E-state index contributed by atoms with van der Waals surface area (Å²) in [6.07, 6.45) is 1.87. The number of carboxylic acids is 1. The molecule has 1 aromatic heterocycles. The van der Waals surface area contributed by atoms with Crippen LogP contribution in [0.1, 0.15) is 11.5 Å². The van der Waals surface area contributed by atoms with Crippen LogP contribution in [0.25, 0.3) is 0 Å². The normalized spacial score (nSPS) is 11.3. The Morgan fingerprint density at radius 2 is 2.13 bits per heavy atom. The van der Waals surface area contributed by atoms with Gasteiger partial charge in [0.1, 0.15) is 17.1 Å². The highest BCUT2D eigenvalue weighted by atomic mass is 32.2. The van der Waals surface area contributed by atoms with E-state index in [0.717, 1.165) is 12.5 Å². The molecule has 0 aliphatic heterocycles. The van der Waals surface area contributed by atoms with Gasteiger partial charge in [-0.2, -0.15) is 0 Å². The second-order valence-electron chi connectivity index (χ2n) is 3.08. The number of hydrogen-bond donors (Lipinski definition) is 1. The van der Waals surface area contributed by atoms with Crippen molar-refractivity contribution in [1.82, 2.24) is 9.97 Å². The van der Waals surface area contributed by atoms with E-state index >= 15 is 0 Å². The first kappa shape index (κ1) is 11.6. The third-order valence-corrected chi connectivity index (χ3v) is 2.89. The first-order chi connectivity index (χ1) is 6.80. The van der Waals surface area contributed by atoms with E-state index in [1.165, 1.54) is 6.92 Å². The minimum atomic E-state index is -3.35. The van der Waals surface area contributed by atoms with Crippen LogP contribution >= 0.6 is 0 Å². The molecule has 0 unspecified atom stereocenters. The standard InChI is InChI=1S/C8H10N2O4S/c1-5-6(15(2,13)14)4-9-7(10-5)3-8(11)12/h4H,3H2,1-2H3,(H,11,12). The zero-order valence-corrected chi connectivity index (χ0v) is 9.08. The number of aryl methyl sites for hydroxylation is 1. The zero-order valence-electron chi connectivity index (χ0n) is 8.26.